The summed E-state index contributed by atoms with van der Waals surface area (Å²) in [5.41, 5.74) is 6.42. The molecule has 0 heterocycles. The van der Waals surface area contributed by atoms with Gasteiger partial charge in [0.15, 0.2) is 0 Å². The molecule has 0 saturated carbocycles. The molecule has 82 heavy (non-hydrogen) atoms. The number of rotatable bonds is 37. The van der Waals surface area contributed by atoms with Crippen LogP contribution in [0.4, 0.5) is 0 Å². The van der Waals surface area contributed by atoms with Crippen molar-refractivity contribution >= 4 is 94.8 Å². The highest BCUT2D eigenvalue weighted by molar-refractivity contribution is 6.00. The lowest BCUT2D eigenvalue weighted by Gasteiger charge is -2.27. The van der Waals surface area contributed by atoms with Gasteiger partial charge in [-0.05, 0) is 24.6 Å². The molecule has 8 atom stereocenters. The van der Waals surface area contributed by atoms with Crippen LogP contribution in [0, 0.1) is 0 Å². The number of carbonyl (C=O) groups is 16. The summed E-state index contributed by atoms with van der Waals surface area (Å²) in [4.78, 5) is 202. The van der Waals surface area contributed by atoms with Crippen molar-refractivity contribution in [2.24, 2.45) is 5.73 Å². The highest BCUT2D eigenvalue weighted by Gasteiger charge is 2.36. The molecule has 2 rings (SSSR count). The average molecular weight is 1160 g/mol. The average Bonchev–Trinajstić information content (AvgIpc) is 3.41. The van der Waals surface area contributed by atoms with E-state index in [2.05, 4.69) is 26.6 Å². The number of hydrogen-bond donors (Lipinski definition) is 17. The summed E-state index contributed by atoms with van der Waals surface area (Å²) in [6.45, 7) is -1.21. The van der Waals surface area contributed by atoms with E-state index in [9.17, 15) is 97.1 Å². The summed E-state index contributed by atoms with van der Waals surface area (Å²) >= 11 is 0. The standard InChI is InChI=1S/C49H64N12O21/c1-3-26(42(50)75)56-45(78)28(14-24-10-6-4-7-11-24)57-46(79)29(15-25-12-8-5-9-13-25)58-48(81)32(19-40(71)72)61-49(82)33(20-41(73)74)60-47(80)31(18-39(69)70)55-36(64)23-53-34(62)21-52-35(63)22-54-43(76)30(17-38(67)68)59-44(77)27(51-2)16-37(65)66/h4-13,26-33,51H,3,14-23H2,1-2H3,(H2,50,75)(H,52,63)(H,53,62)(H,54,76)(H,55,64)(H,56,78)(H,57,79)(H,58,81)(H,59,77)(H,60,80)(H,61,82)(H,65,66)(H,67,68)(H,69,70)(H,71,72)(H,73,74)/t26-,27-,28-,29-,30-,31-,32-,33-/m0/s1. The molecule has 0 fully saturated rings. The molecule has 0 aromatic heterocycles. The van der Waals surface area contributed by atoms with Gasteiger partial charge in [0, 0.05) is 12.8 Å². The van der Waals surface area contributed by atoms with E-state index in [1.807, 2.05) is 31.9 Å². The molecule has 33 heteroatoms. The first-order valence-electron chi connectivity index (χ1n) is 24.7. The third-order valence-corrected chi connectivity index (χ3v) is 11.3. The Labute approximate surface area is 465 Å². The number of aliphatic carboxylic acids is 5. The Morgan fingerprint density at radius 2 is 0.646 bits per heavy atom. The smallest absolute Gasteiger partial charge is 0.305 e. The molecule has 0 radical (unpaired) electrons. The van der Waals surface area contributed by atoms with Crippen LogP contribution in [0.25, 0.3) is 0 Å². The molecule has 0 aliphatic rings. The van der Waals surface area contributed by atoms with Gasteiger partial charge in [-0.3, -0.25) is 76.7 Å². The molecule has 0 aliphatic heterocycles. The zero-order valence-corrected chi connectivity index (χ0v) is 44.0. The van der Waals surface area contributed by atoms with Crippen molar-refractivity contribution < 1.29 is 102 Å². The number of benzene rings is 2. The van der Waals surface area contributed by atoms with Crippen LogP contribution >= 0.6 is 0 Å². The van der Waals surface area contributed by atoms with Crippen molar-refractivity contribution in [1.82, 2.24) is 58.5 Å². The lowest BCUT2D eigenvalue weighted by atomic mass is 10.0. The van der Waals surface area contributed by atoms with Crippen LogP contribution < -0.4 is 64.2 Å². The van der Waals surface area contributed by atoms with Crippen LogP contribution in [0.2, 0.25) is 0 Å². The number of likely N-dealkylation sites (N-methyl/N-ethyl adjacent to an activating group) is 1. The first kappa shape index (κ1) is 68.0. The molecular weight excluding hydrogens is 1090 g/mol. The van der Waals surface area contributed by atoms with Crippen LogP contribution in [0.5, 0.6) is 0 Å². The fourth-order valence-corrected chi connectivity index (χ4v) is 7.18. The Balaban J connectivity index is 2.21. The molecule has 33 nitrogen and oxygen atoms in total. The number of carboxylic acids is 5. The van der Waals surface area contributed by atoms with E-state index in [-0.39, 0.29) is 19.3 Å². The van der Waals surface area contributed by atoms with E-state index in [0.29, 0.717) is 11.1 Å². The molecule has 0 aliphatic carbocycles. The first-order valence-corrected chi connectivity index (χ1v) is 24.7. The summed E-state index contributed by atoms with van der Waals surface area (Å²) in [5.74, 6) is -20.9. The molecule has 0 unspecified atom stereocenters. The van der Waals surface area contributed by atoms with Crippen LogP contribution in [0.1, 0.15) is 56.6 Å². The van der Waals surface area contributed by atoms with Gasteiger partial charge < -0.3 is 89.8 Å². The molecule has 0 spiro atoms. The number of primary amides is 1. The van der Waals surface area contributed by atoms with Crippen LogP contribution in [-0.4, -0.2) is 195 Å². The second-order valence-corrected chi connectivity index (χ2v) is 17.8. The maximum absolute atomic E-state index is 14.1. The van der Waals surface area contributed by atoms with E-state index in [1.165, 1.54) is 7.05 Å². The Kier molecular flexibility index (Phi) is 28.8. The van der Waals surface area contributed by atoms with Crippen molar-refractivity contribution in [2.45, 2.75) is 107 Å². The van der Waals surface area contributed by atoms with Crippen molar-refractivity contribution in [3.05, 3.63) is 71.8 Å². The van der Waals surface area contributed by atoms with Gasteiger partial charge in [-0.25, -0.2) is 0 Å². The van der Waals surface area contributed by atoms with E-state index >= 15 is 0 Å². The van der Waals surface area contributed by atoms with Gasteiger partial charge in [-0.1, -0.05) is 67.6 Å². The van der Waals surface area contributed by atoms with Gasteiger partial charge in [0.05, 0.1) is 57.8 Å². The van der Waals surface area contributed by atoms with Gasteiger partial charge >= 0.3 is 29.8 Å². The molecule has 0 bridgehead atoms. The predicted molar refractivity (Wildman–Crippen MR) is 276 cm³/mol. The Morgan fingerprint density at radius 1 is 0.366 bits per heavy atom. The lowest BCUT2D eigenvalue weighted by molar-refractivity contribution is -0.144. The van der Waals surface area contributed by atoms with Gasteiger partial charge in [0.25, 0.3) is 0 Å². The number of carbonyl (C=O) groups excluding carboxylic acids is 11. The van der Waals surface area contributed by atoms with E-state index in [1.54, 1.807) is 67.6 Å². The lowest BCUT2D eigenvalue weighted by Crippen LogP contribution is -2.60. The highest BCUT2D eigenvalue weighted by Crippen LogP contribution is 2.10. The third kappa shape index (κ3) is 26.0. The SMILES string of the molecule is CC[C@H](NC(=O)[C@H](Cc1ccccc1)NC(=O)[C@H](Cc1ccccc1)NC(=O)[C@H](CC(=O)O)NC(=O)[C@H](CC(=O)O)NC(=O)[C@H](CC(=O)O)NC(=O)CNC(=O)CNC(=O)CNC(=O)[C@H](CC(=O)O)NC(=O)[C@H](CC(=O)O)NC)C(N)=O. The number of nitrogens with two attached hydrogens (primary N) is 1. The number of hydrogen-bond acceptors (Lipinski definition) is 17. The quantitative estimate of drug-likeness (QED) is 0.0299. The number of amides is 11. The maximum Gasteiger partial charge on any atom is 0.305 e. The van der Waals surface area contributed by atoms with Gasteiger partial charge in [0.2, 0.25) is 65.0 Å². The molecule has 2 aromatic rings. The predicted octanol–water partition coefficient (Wildman–Crippen LogP) is -6.93. The van der Waals surface area contributed by atoms with Gasteiger partial charge in [-0.2, -0.15) is 0 Å². The first-order chi connectivity index (χ1) is 38.6. The second kappa shape index (κ2) is 34.7. The zero-order chi connectivity index (χ0) is 61.6. The van der Waals surface area contributed by atoms with Crippen LogP contribution in [0.15, 0.2) is 60.7 Å². The Bertz CT molecular complexity index is 2680. The molecule has 11 amide bonds. The number of nitrogens with one attached hydrogen (secondary N) is 11. The molecule has 446 valence electrons. The fourth-order valence-electron chi connectivity index (χ4n) is 7.18. The molecule has 2 aromatic carbocycles. The van der Waals surface area contributed by atoms with Crippen LogP contribution in [0.3, 0.4) is 0 Å². The summed E-state index contributed by atoms with van der Waals surface area (Å²) in [5, 5.41) is 70.9. The number of carboxylic acid groups (broad SMARTS) is 5. The Hall–Kier alpha value is -10.1. The summed E-state index contributed by atoms with van der Waals surface area (Å²) in [6, 6.07) is 2.49. The van der Waals surface area contributed by atoms with Gasteiger partial charge in [0.1, 0.15) is 42.3 Å². The molecular formula is C49H64N12O21. The third-order valence-electron chi connectivity index (χ3n) is 11.3. The van der Waals surface area contributed by atoms with Crippen molar-refractivity contribution in [1.29, 1.82) is 0 Å². The zero-order valence-electron chi connectivity index (χ0n) is 44.0. The van der Waals surface area contributed by atoms with E-state index in [0.717, 1.165) is 0 Å². The second-order valence-electron chi connectivity index (χ2n) is 17.8. The minimum atomic E-state index is -2.22. The summed E-state index contributed by atoms with van der Waals surface area (Å²) in [6.07, 6.45) is -5.80. The molecule has 0 saturated heterocycles. The van der Waals surface area contributed by atoms with Crippen molar-refractivity contribution in [2.75, 3.05) is 26.7 Å². The minimum absolute atomic E-state index is 0.0886. The monoisotopic (exact) mass is 1160 g/mol. The van der Waals surface area contributed by atoms with Gasteiger partial charge in [-0.15, -0.1) is 0 Å². The van der Waals surface area contributed by atoms with Crippen molar-refractivity contribution in [3.8, 4) is 0 Å². The summed E-state index contributed by atoms with van der Waals surface area (Å²) in [7, 11) is 1.23. The largest absolute Gasteiger partial charge is 0.481 e. The Morgan fingerprint density at radius 3 is 0.988 bits per heavy atom. The van der Waals surface area contributed by atoms with Crippen LogP contribution in [-0.2, 0) is 89.6 Å². The highest BCUT2D eigenvalue weighted by atomic mass is 16.4. The molecule has 18 N–H and O–H groups in total. The van der Waals surface area contributed by atoms with E-state index < -0.39 is 195 Å². The summed E-state index contributed by atoms with van der Waals surface area (Å²) < 4.78 is 0. The topological polar surface area (TPSA) is 533 Å². The fraction of sp³-hybridized carbons (Fsp3) is 0.429. The normalized spacial score (nSPS) is 13.5. The maximum atomic E-state index is 14.1. The minimum Gasteiger partial charge on any atom is -0.481 e. The van der Waals surface area contributed by atoms with E-state index in [4.69, 9.17) is 10.8 Å². The van der Waals surface area contributed by atoms with Crippen molar-refractivity contribution in [3.63, 3.8) is 0 Å².